The molecule has 1 aromatic rings. The summed E-state index contributed by atoms with van der Waals surface area (Å²) in [7, 11) is -3.71. The van der Waals surface area contributed by atoms with Crippen LogP contribution in [0.1, 0.15) is 19.3 Å². The fraction of sp³-hybridized carbons (Fsp3) is 0.556. The molecule has 3 amide bonds. The first-order chi connectivity index (χ1) is 13.8. The normalized spacial score (nSPS) is 28.0. The molecule has 3 aliphatic rings. The van der Waals surface area contributed by atoms with Crippen LogP contribution >= 0.6 is 0 Å². The average Bonchev–Trinajstić information content (AvgIpc) is 3.23. The number of benzene rings is 1. The summed E-state index contributed by atoms with van der Waals surface area (Å²) in [6.07, 6.45) is 1.91. The number of carbonyl (C=O) groups is 2. The van der Waals surface area contributed by atoms with Crippen molar-refractivity contribution in [3.8, 4) is 0 Å². The molecule has 2 unspecified atom stereocenters. The number of hydrogen-bond acceptors (Lipinski definition) is 5. The molecule has 158 valence electrons. The molecular weight excluding hydrogens is 401 g/mol. The second-order valence-corrected chi connectivity index (χ2v) is 9.44. The van der Waals surface area contributed by atoms with Crippen LogP contribution in [0.25, 0.3) is 0 Å². The third kappa shape index (κ3) is 3.81. The lowest BCUT2D eigenvalue weighted by Gasteiger charge is -2.36. The highest BCUT2D eigenvalue weighted by molar-refractivity contribution is 7.87. The van der Waals surface area contributed by atoms with Crippen molar-refractivity contribution < 1.29 is 22.4 Å². The highest BCUT2D eigenvalue weighted by atomic mass is 32.2. The van der Waals surface area contributed by atoms with Gasteiger partial charge in [-0.15, -0.1) is 0 Å². The number of nitrogens with one attached hydrogen (secondary N) is 3. The Hall–Kier alpha value is -2.24. The number of hydrogen-bond donors (Lipinski definition) is 3. The lowest BCUT2D eigenvalue weighted by Crippen LogP contribution is -2.56. The molecule has 29 heavy (non-hydrogen) atoms. The summed E-state index contributed by atoms with van der Waals surface area (Å²) in [6, 6.07) is 5.60. The summed E-state index contributed by atoms with van der Waals surface area (Å²) in [5.74, 6) is -0.975. The smallest absolute Gasteiger partial charge is 0.322 e. The van der Waals surface area contributed by atoms with Crippen molar-refractivity contribution in [3.05, 3.63) is 30.1 Å². The molecular formula is C18H24FN5O4S. The molecule has 2 aliphatic heterocycles. The molecule has 0 aromatic heterocycles. The van der Waals surface area contributed by atoms with Crippen LogP contribution in [0.5, 0.6) is 0 Å². The van der Waals surface area contributed by atoms with Gasteiger partial charge in [-0.2, -0.15) is 12.7 Å². The van der Waals surface area contributed by atoms with E-state index in [4.69, 9.17) is 0 Å². The van der Waals surface area contributed by atoms with Gasteiger partial charge in [0.1, 0.15) is 11.4 Å². The highest BCUT2D eigenvalue weighted by Gasteiger charge is 2.54. The van der Waals surface area contributed by atoms with Gasteiger partial charge in [0.25, 0.3) is 16.1 Å². The zero-order valence-electron chi connectivity index (χ0n) is 15.9. The fourth-order valence-corrected chi connectivity index (χ4v) is 5.70. The quantitative estimate of drug-likeness (QED) is 0.582. The fourth-order valence-electron chi connectivity index (χ4n) is 4.46. The number of anilines is 1. The Labute approximate surface area is 168 Å². The van der Waals surface area contributed by atoms with Crippen LogP contribution in [0.4, 0.5) is 14.9 Å². The maximum Gasteiger partial charge on any atom is 0.322 e. The van der Waals surface area contributed by atoms with Gasteiger partial charge in [0.2, 0.25) is 0 Å². The number of nitrogens with zero attached hydrogens (tertiary/aromatic N) is 2. The molecule has 3 N–H and O–H groups in total. The van der Waals surface area contributed by atoms with Gasteiger partial charge < -0.3 is 10.2 Å². The predicted octanol–water partition coefficient (Wildman–Crippen LogP) is 0.160. The van der Waals surface area contributed by atoms with Crippen LogP contribution in [-0.4, -0.2) is 62.9 Å². The molecule has 3 fully saturated rings. The first-order valence-electron chi connectivity index (χ1n) is 9.69. The van der Waals surface area contributed by atoms with Crippen LogP contribution in [-0.2, 0) is 15.0 Å². The molecule has 1 aliphatic carbocycles. The third-order valence-corrected chi connectivity index (χ3v) is 7.65. The van der Waals surface area contributed by atoms with Crippen LogP contribution in [0.15, 0.2) is 24.3 Å². The predicted molar refractivity (Wildman–Crippen MR) is 104 cm³/mol. The van der Waals surface area contributed by atoms with Crippen LogP contribution in [0.2, 0.25) is 0 Å². The molecule has 1 saturated carbocycles. The minimum Gasteiger partial charge on any atom is -0.369 e. The van der Waals surface area contributed by atoms with E-state index in [9.17, 15) is 22.4 Å². The molecule has 1 spiro atoms. The topological polar surface area (TPSA) is 111 Å². The Balaban J connectivity index is 1.34. The molecule has 9 nitrogen and oxygen atoms in total. The maximum absolute atomic E-state index is 13.1. The number of amides is 3. The maximum atomic E-state index is 13.1. The molecule has 2 atom stereocenters. The van der Waals surface area contributed by atoms with Crippen molar-refractivity contribution in [1.29, 1.82) is 0 Å². The van der Waals surface area contributed by atoms with Gasteiger partial charge in [0, 0.05) is 44.3 Å². The van der Waals surface area contributed by atoms with Crippen LogP contribution < -0.4 is 20.3 Å². The summed E-state index contributed by atoms with van der Waals surface area (Å²) >= 11 is 0. The summed E-state index contributed by atoms with van der Waals surface area (Å²) in [5, 5.41) is 4.95. The van der Waals surface area contributed by atoms with E-state index >= 15 is 0 Å². The van der Waals surface area contributed by atoms with Crippen molar-refractivity contribution in [2.45, 2.75) is 24.8 Å². The number of imide groups is 1. The van der Waals surface area contributed by atoms with Crippen molar-refractivity contribution in [2.75, 3.05) is 37.6 Å². The summed E-state index contributed by atoms with van der Waals surface area (Å²) in [6.45, 7) is 1.70. The van der Waals surface area contributed by atoms with Gasteiger partial charge in [-0.25, -0.2) is 13.9 Å². The molecule has 4 rings (SSSR count). The molecule has 0 radical (unpaired) electrons. The monoisotopic (exact) mass is 425 g/mol. The average molecular weight is 425 g/mol. The Kier molecular flexibility index (Phi) is 5.21. The molecule has 11 heteroatoms. The van der Waals surface area contributed by atoms with Crippen molar-refractivity contribution in [1.82, 2.24) is 19.7 Å². The van der Waals surface area contributed by atoms with Gasteiger partial charge in [0.05, 0.1) is 0 Å². The molecule has 2 heterocycles. The van der Waals surface area contributed by atoms with Gasteiger partial charge >= 0.3 is 6.03 Å². The zero-order valence-corrected chi connectivity index (χ0v) is 16.7. The number of carbonyl (C=O) groups excluding carboxylic acids is 2. The van der Waals surface area contributed by atoms with Crippen molar-refractivity contribution in [2.24, 2.45) is 5.92 Å². The summed E-state index contributed by atoms with van der Waals surface area (Å²) in [5.41, 5.74) is -0.159. The second-order valence-electron chi connectivity index (χ2n) is 7.68. The lowest BCUT2D eigenvalue weighted by molar-refractivity contribution is -0.125. The number of piperazine rings is 1. The van der Waals surface area contributed by atoms with E-state index in [2.05, 4.69) is 15.4 Å². The van der Waals surface area contributed by atoms with Crippen LogP contribution in [0.3, 0.4) is 0 Å². The molecule has 2 saturated heterocycles. The second kappa shape index (κ2) is 7.54. The van der Waals surface area contributed by atoms with E-state index in [0.717, 1.165) is 12.1 Å². The van der Waals surface area contributed by atoms with Gasteiger partial charge in [-0.05, 0) is 37.1 Å². The Morgan fingerprint density at radius 1 is 1.14 bits per heavy atom. The SMILES string of the molecule is O=C1NC(=O)C2(CCCC2CNS(=O)(=O)N2CCN(c3ccc(F)cc3)CC2)N1. The highest BCUT2D eigenvalue weighted by Crippen LogP contribution is 2.37. The molecule has 1 aromatic carbocycles. The minimum absolute atomic E-state index is 0.0915. The molecule has 0 bridgehead atoms. The van der Waals surface area contributed by atoms with Gasteiger partial charge in [0.15, 0.2) is 0 Å². The lowest BCUT2D eigenvalue weighted by atomic mass is 9.87. The first-order valence-corrected chi connectivity index (χ1v) is 11.1. The summed E-state index contributed by atoms with van der Waals surface area (Å²) < 4.78 is 42.5. The summed E-state index contributed by atoms with van der Waals surface area (Å²) in [4.78, 5) is 25.8. The number of rotatable bonds is 5. The van der Waals surface area contributed by atoms with Gasteiger partial charge in [-0.1, -0.05) is 6.42 Å². The van der Waals surface area contributed by atoms with E-state index in [1.807, 2.05) is 4.90 Å². The Morgan fingerprint density at radius 3 is 2.45 bits per heavy atom. The number of urea groups is 1. The minimum atomic E-state index is -3.71. The third-order valence-electron chi connectivity index (χ3n) is 6.07. The zero-order chi connectivity index (χ0) is 20.6. The van der Waals surface area contributed by atoms with E-state index in [1.165, 1.54) is 16.4 Å². The van der Waals surface area contributed by atoms with E-state index < -0.39 is 21.8 Å². The van der Waals surface area contributed by atoms with Crippen molar-refractivity contribution in [3.63, 3.8) is 0 Å². The standard InChI is InChI=1S/C18H24FN5O4S/c19-14-3-5-15(6-4-14)23-8-10-24(11-9-23)29(27,28)20-12-13-2-1-7-18(13)16(25)21-17(26)22-18/h3-6,13,20H,1-2,7-12H2,(H2,21,22,25,26). The Morgan fingerprint density at radius 2 is 1.83 bits per heavy atom. The van der Waals surface area contributed by atoms with E-state index in [-0.39, 0.29) is 24.2 Å². The Bertz CT molecular complexity index is 901. The van der Waals surface area contributed by atoms with E-state index in [0.29, 0.717) is 39.0 Å². The van der Waals surface area contributed by atoms with Gasteiger partial charge in [-0.3, -0.25) is 10.1 Å². The largest absolute Gasteiger partial charge is 0.369 e. The number of halogens is 1. The first kappa shape index (κ1) is 20.0. The van der Waals surface area contributed by atoms with Crippen molar-refractivity contribution >= 4 is 27.8 Å². The van der Waals surface area contributed by atoms with E-state index in [1.54, 1.807) is 12.1 Å². The van der Waals surface area contributed by atoms with Crippen LogP contribution in [0, 0.1) is 11.7 Å².